The van der Waals surface area contributed by atoms with Crippen molar-refractivity contribution in [3.63, 3.8) is 0 Å². The van der Waals surface area contributed by atoms with Crippen LogP contribution in [0.25, 0.3) is 10.9 Å². The molecule has 162 valence electrons. The Morgan fingerprint density at radius 3 is 2.57 bits per heavy atom. The SMILES string of the molecule is COc1ccc2[nH]cc([C@H](C(=O)O)N3CCN(CC(=O)N4CCOCC4)CC3)c2c1. The first kappa shape index (κ1) is 20.6. The monoisotopic (exact) mass is 416 g/mol. The van der Waals surface area contributed by atoms with E-state index in [-0.39, 0.29) is 5.91 Å². The lowest BCUT2D eigenvalue weighted by atomic mass is 10.0. The van der Waals surface area contributed by atoms with Crippen LogP contribution in [0.2, 0.25) is 0 Å². The quantitative estimate of drug-likeness (QED) is 0.718. The number of carboxylic acids is 1. The molecule has 0 unspecified atom stereocenters. The number of fused-ring (bicyclic) bond motifs is 1. The zero-order valence-electron chi connectivity index (χ0n) is 17.2. The molecule has 2 fully saturated rings. The number of piperazine rings is 1. The number of amides is 1. The molecule has 2 N–H and O–H groups in total. The maximum atomic E-state index is 12.5. The van der Waals surface area contributed by atoms with Crippen LogP contribution in [-0.2, 0) is 14.3 Å². The summed E-state index contributed by atoms with van der Waals surface area (Å²) in [5, 5.41) is 10.8. The Morgan fingerprint density at radius 1 is 1.17 bits per heavy atom. The Balaban J connectivity index is 1.43. The van der Waals surface area contributed by atoms with E-state index in [9.17, 15) is 14.7 Å². The zero-order chi connectivity index (χ0) is 21.1. The van der Waals surface area contributed by atoms with Gasteiger partial charge in [0, 0.05) is 61.9 Å². The highest BCUT2D eigenvalue weighted by atomic mass is 16.5. The highest BCUT2D eigenvalue weighted by Crippen LogP contribution is 2.31. The highest BCUT2D eigenvalue weighted by molar-refractivity contribution is 5.90. The summed E-state index contributed by atoms with van der Waals surface area (Å²) in [5.41, 5.74) is 1.61. The number of hydrogen-bond acceptors (Lipinski definition) is 6. The van der Waals surface area contributed by atoms with Gasteiger partial charge in [0.05, 0.1) is 26.9 Å². The van der Waals surface area contributed by atoms with Crippen LogP contribution < -0.4 is 4.74 Å². The van der Waals surface area contributed by atoms with Gasteiger partial charge in [-0.05, 0) is 18.2 Å². The second-order valence-corrected chi connectivity index (χ2v) is 7.70. The van der Waals surface area contributed by atoms with Crippen LogP contribution in [0.1, 0.15) is 11.6 Å². The molecular weight excluding hydrogens is 388 g/mol. The molecule has 30 heavy (non-hydrogen) atoms. The second-order valence-electron chi connectivity index (χ2n) is 7.70. The van der Waals surface area contributed by atoms with Gasteiger partial charge >= 0.3 is 5.97 Å². The molecule has 1 aromatic heterocycles. The van der Waals surface area contributed by atoms with Gasteiger partial charge in [0.25, 0.3) is 0 Å². The molecule has 0 radical (unpaired) electrons. The number of aromatic nitrogens is 1. The molecule has 0 aliphatic carbocycles. The molecule has 1 amide bonds. The topological polar surface area (TPSA) is 98.3 Å². The van der Waals surface area contributed by atoms with Crippen molar-refractivity contribution in [1.82, 2.24) is 19.7 Å². The summed E-state index contributed by atoms with van der Waals surface area (Å²) in [6, 6.07) is 4.87. The van der Waals surface area contributed by atoms with Gasteiger partial charge < -0.3 is 24.5 Å². The van der Waals surface area contributed by atoms with Gasteiger partial charge in [-0.1, -0.05) is 0 Å². The largest absolute Gasteiger partial charge is 0.497 e. The molecule has 9 nitrogen and oxygen atoms in total. The van der Waals surface area contributed by atoms with Crippen LogP contribution in [-0.4, -0.2) is 103 Å². The lowest BCUT2D eigenvalue weighted by molar-refractivity contribution is -0.145. The number of aliphatic carboxylic acids is 1. The minimum atomic E-state index is -0.878. The van der Waals surface area contributed by atoms with Crippen molar-refractivity contribution < 1.29 is 24.2 Å². The number of ether oxygens (including phenoxy) is 2. The van der Waals surface area contributed by atoms with E-state index < -0.39 is 12.0 Å². The summed E-state index contributed by atoms with van der Waals surface area (Å²) in [6.07, 6.45) is 1.78. The number of carbonyl (C=O) groups excluding carboxylic acids is 1. The van der Waals surface area contributed by atoms with Crippen molar-refractivity contribution in [3.05, 3.63) is 30.0 Å². The van der Waals surface area contributed by atoms with Crippen LogP contribution in [0.4, 0.5) is 0 Å². The lowest BCUT2D eigenvalue weighted by Gasteiger charge is -2.38. The average molecular weight is 416 g/mol. The number of nitrogens with zero attached hydrogens (tertiary/aromatic N) is 3. The van der Waals surface area contributed by atoms with E-state index in [0.717, 1.165) is 16.5 Å². The Morgan fingerprint density at radius 2 is 1.90 bits per heavy atom. The average Bonchev–Trinajstić information content (AvgIpc) is 3.18. The lowest BCUT2D eigenvalue weighted by Crippen LogP contribution is -2.52. The maximum Gasteiger partial charge on any atom is 0.325 e. The Hall–Kier alpha value is -2.62. The van der Waals surface area contributed by atoms with Crippen LogP contribution in [0.5, 0.6) is 5.75 Å². The van der Waals surface area contributed by atoms with E-state index in [1.807, 2.05) is 28.0 Å². The number of nitrogens with one attached hydrogen (secondary N) is 1. The Bertz CT molecular complexity index is 900. The third-order valence-corrected chi connectivity index (χ3v) is 5.94. The molecule has 0 bridgehead atoms. The molecule has 1 aromatic carbocycles. The van der Waals surface area contributed by atoms with Crippen LogP contribution in [0, 0.1) is 0 Å². The van der Waals surface area contributed by atoms with Crippen molar-refractivity contribution in [2.24, 2.45) is 0 Å². The molecule has 2 aromatic rings. The number of aromatic amines is 1. The predicted octanol–water partition coefficient (Wildman–Crippen LogP) is 0.779. The summed E-state index contributed by atoms with van der Waals surface area (Å²) < 4.78 is 10.6. The molecule has 2 aliphatic heterocycles. The van der Waals surface area contributed by atoms with Gasteiger partial charge in [0.2, 0.25) is 5.91 Å². The van der Waals surface area contributed by atoms with Gasteiger partial charge in [-0.2, -0.15) is 0 Å². The number of rotatable bonds is 6. The second kappa shape index (κ2) is 9.03. The van der Waals surface area contributed by atoms with E-state index >= 15 is 0 Å². The van der Waals surface area contributed by atoms with Crippen molar-refractivity contribution in [3.8, 4) is 5.75 Å². The maximum absolute atomic E-state index is 12.5. The summed E-state index contributed by atoms with van der Waals surface area (Å²) >= 11 is 0. The van der Waals surface area contributed by atoms with Gasteiger partial charge in [0.1, 0.15) is 11.8 Å². The minimum absolute atomic E-state index is 0.116. The van der Waals surface area contributed by atoms with Crippen molar-refractivity contribution >= 4 is 22.8 Å². The Kier molecular flexibility index (Phi) is 6.21. The summed E-state index contributed by atoms with van der Waals surface area (Å²) in [7, 11) is 1.60. The number of hydrogen-bond donors (Lipinski definition) is 2. The number of benzene rings is 1. The third kappa shape index (κ3) is 4.28. The van der Waals surface area contributed by atoms with Crippen LogP contribution >= 0.6 is 0 Å². The molecule has 0 saturated carbocycles. The van der Waals surface area contributed by atoms with Gasteiger partial charge in [0.15, 0.2) is 0 Å². The highest BCUT2D eigenvalue weighted by Gasteiger charge is 2.33. The molecule has 1 atom stereocenters. The molecule has 2 aliphatic rings. The van der Waals surface area contributed by atoms with Gasteiger partial charge in [-0.25, -0.2) is 0 Å². The van der Waals surface area contributed by atoms with Crippen LogP contribution in [0.3, 0.4) is 0 Å². The normalized spacial score (nSPS) is 19.7. The molecular formula is C21H28N4O5. The number of carbonyl (C=O) groups is 2. The van der Waals surface area contributed by atoms with Gasteiger partial charge in [-0.3, -0.25) is 19.4 Å². The van der Waals surface area contributed by atoms with E-state index in [1.165, 1.54) is 0 Å². The number of methoxy groups -OCH3 is 1. The number of H-pyrrole nitrogens is 1. The molecule has 4 rings (SSSR count). The molecule has 9 heteroatoms. The fraction of sp³-hybridized carbons (Fsp3) is 0.524. The fourth-order valence-corrected chi connectivity index (χ4v) is 4.24. The number of morpholine rings is 1. The van der Waals surface area contributed by atoms with Crippen LogP contribution in [0.15, 0.2) is 24.4 Å². The Labute approximate surface area is 175 Å². The summed E-state index contributed by atoms with van der Waals surface area (Å²) in [5.74, 6) is -0.0687. The summed E-state index contributed by atoms with van der Waals surface area (Å²) in [4.78, 5) is 33.8. The third-order valence-electron chi connectivity index (χ3n) is 5.94. The molecule has 0 spiro atoms. The first-order chi connectivity index (χ1) is 14.6. The van der Waals surface area contributed by atoms with E-state index in [0.29, 0.717) is 64.8 Å². The fourth-order valence-electron chi connectivity index (χ4n) is 4.24. The first-order valence-corrected chi connectivity index (χ1v) is 10.3. The molecule has 3 heterocycles. The molecule has 2 saturated heterocycles. The standard InChI is InChI=1S/C21H28N4O5/c1-29-15-2-3-18-16(12-15)17(13-22-18)20(21(27)28)25-6-4-23(5-7-25)14-19(26)24-8-10-30-11-9-24/h2-3,12-13,20,22H,4-11,14H2,1H3,(H,27,28)/t20-/m1/s1. The smallest absolute Gasteiger partial charge is 0.325 e. The number of carboxylic acid groups (broad SMARTS) is 1. The van der Waals surface area contributed by atoms with E-state index in [2.05, 4.69) is 9.88 Å². The predicted molar refractivity (Wildman–Crippen MR) is 111 cm³/mol. The van der Waals surface area contributed by atoms with Gasteiger partial charge in [-0.15, -0.1) is 0 Å². The summed E-state index contributed by atoms with van der Waals surface area (Å²) in [6.45, 7) is 5.33. The first-order valence-electron chi connectivity index (χ1n) is 10.3. The minimum Gasteiger partial charge on any atom is -0.497 e. The van der Waals surface area contributed by atoms with Crippen molar-refractivity contribution in [1.29, 1.82) is 0 Å². The van der Waals surface area contributed by atoms with E-state index in [4.69, 9.17) is 9.47 Å². The van der Waals surface area contributed by atoms with Crippen molar-refractivity contribution in [2.75, 3.05) is 66.1 Å². The zero-order valence-corrected chi connectivity index (χ0v) is 17.2. The van der Waals surface area contributed by atoms with Crippen molar-refractivity contribution in [2.45, 2.75) is 6.04 Å². The van der Waals surface area contributed by atoms with E-state index in [1.54, 1.807) is 13.3 Å².